The fourth-order valence-electron chi connectivity index (χ4n) is 1.51. The van der Waals surface area contributed by atoms with Gasteiger partial charge in [0, 0.05) is 6.21 Å². The van der Waals surface area contributed by atoms with Crippen LogP contribution in [0.4, 0.5) is 5.69 Å². The molecule has 1 aromatic carbocycles. The first-order valence-corrected chi connectivity index (χ1v) is 3.82. The van der Waals surface area contributed by atoms with E-state index in [0.29, 0.717) is 0 Å². The highest BCUT2D eigenvalue weighted by Gasteiger charge is 2.08. The highest BCUT2D eigenvalue weighted by Crippen LogP contribution is 2.26. The minimum Gasteiger partial charge on any atom is -0.323 e. The molecular formula is C9H7N3+. The van der Waals surface area contributed by atoms with E-state index in [-0.39, 0.29) is 1.43 Å². The van der Waals surface area contributed by atoms with Gasteiger partial charge < -0.3 is 4.57 Å². The van der Waals surface area contributed by atoms with E-state index in [1.807, 2.05) is 24.7 Å². The molecule has 0 spiro atoms. The predicted molar refractivity (Wildman–Crippen MR) is 47.8 cm³/mol. The number of hydrogen-bond donors (Lipinski definition) is 0. The molecule has 0 N–H and O–H groups in total. The molecule has 0 unspecified atom stereocenters. The van der Waals surface area contributed by atoms with Gasteiger partial charge in [0.2, 0.25) is 0 Å². The molecule has 3 rings (SSSR count). The first-order valence-electron chi connectivity index (χ1n) is 3.82. The summed E-state index contributed by atoms with van der Waals surface area (Å²) >= 11 is 0. The summed E-state index contributed by atoms with van der Waals surface area (Å²) in [5.74, 6) is 0. The molecule has 0 fully saturated rings. The second kappa shape index (κ2) is 1.94. The third-order valence-corrected chi connectivity index (χ3v) is 2.06. The second-order valence-corrected chi connectivity index (χ2v) is 2.78. The molecule has 0 atom stereocenters. The Balaban J connectivity index is 0.000000653. The van der Waals surface area contributed by atoms with E-state index in [4.69, 9.17) is 0 Å². The zero-order valence-corrected chi connectivity index (χ0v) is 6.36. The summed E-state index contributed by atoms with van der Waals surface area (Å²) in [6, 6.07) is 6.78. The summed E-state index contributed by atoms with van der Waals surface area (Å²) in [5.41, 5.74) is 3.07. The van der Waals surface area contributed by atoms with Gasteiger partial charge in [0.1, 0.15) is 0 Å². The quantitative estimate of drug-likeness (QED) is 0.572. The van der Waals surface area contributed by atoms with Gasteiger partial charge in [0.15, 0.2) is 0 Å². The third-order valence-electron chi connectivity index (χ3n) is 2.06. The molecule has 1 aliphatic heterocycles. The summed E-state index contributed by atoms with van der Waals surface area (Å²) in [6.07, 6.45) is 3.73. The van der Waals surface area contributed by atoms with Crippen LogP contribution in [0.25, 0.3) is 11.0 Å². The lowest BCUT2D eigenvalue weighted by molar-refractivity contribution is 0.884. The number of imidazole rings is 1. The van der Waals surface area contributed by atoms with E-state index >= 15 is 0 Å². The maximum atomic E-state index is 4.27. The van der Waals surface area contributed by atoms with E-state index in [0.717, 1.165) is 23.3 Å². The standard InChI is InChI=1S/C9H6N3/c1-2-7-9-8(3-1)11-6-12(9)5-4-10-7/h2-4,6H,5H2/p+1. The maximum absolute atomic E-state index is 4.27. The third kappa shape index (κ3) is 0.605. The summed E-state index contributed by atoms with van der Waals surface area (Å²) in [7, 11) is 0. The summed E-state index contributed by atoms with van der Waals surface area (Å²) in [6.45, 7) is 0.827. The summed E-state index contributed by atoms with van der Waals surface area (Å²) < 4.78 is 2.09. The number of benzene rings is 1. The molecule has 2 aromatic rings. The number of aromatic nitrogens is 2. The molecule has 12 heavy (non-hydrogen) atoms. The number of nitrogens with zero attached hydrogens (tertiary/aromatic N) is 3. The van der Waals surface area contributed by atoms with Gasteiger partial charge in [-0.1, -0.05) is 0 Å². The van der Waals surface area contributed by atoms with Crippen molar-refractivity contribution in [3.05, 3.63) is 24.5 Å². The molecule has 0 amide bonds. The fraction of sp³-hybridized carbons (Fsp3) is 0.111. The van der Waals surface area contributed by atoms with E-state index < -0.39 is 0 Å². The molecule has 1 aromatic heterocycles. The Labute approximate surface area is 70.9 Å². The van der Waals surface area contributed by atoms with Gasteiger partial charge in [-0.2, -0.15) is 0 Å². The zero-order valence-electron chi connectivity index (χ0n) is 7.36. The molecule has 0 bridgehead atoms. The molecule has 3 heteroatoms. The van der Waals surface area contributed by atoms with Crippen LogP contribution >= 0.6 is 0 Å². The van der Waals surface area contributed by atoms with Crippen molar-refractivity contribution >= 4 is 22.9 Å². The van der Waals surface area contributed by atoms with Crippen molar-refractivity contribution in [1.82, 2.24) is 9.55 Å². The Hall–Kier alpha value is -1.64. The number of rotatable bonds is 0. The van der Waals surface area contributed by atoms with Crippen LogP contribution < -0.4 is 0 Å². The first-order chi connectivity index (χ1) is 5.95. The SMILES string of the molecule is [H+].[c]1cc2c3c(c1)ncn3CC=N2. The summed E-state index contributed by atoms with van der Waals surface area (Å²) in [4.78, 5) is 8.51. The Morgan fingerprint density at radius 1 is 1.50 bits per heavy atom. The number of hydrogen-bond acceptors (Lipinski definition) is 2. The zero-order chi connectivity index (χ0) is 7.97. The van der Waals surface area contributed by atoms with Crippen molar-refractivity contribution in [1.29, 1.82) is 0 Å². The minimum absolute atomic E-state index is 0. The average molecular weight is 157 g/mol. The molecule has 0 aliphatic carbocycles. The Morgan fingerprint density at radius 2 is 2.50 bits per heavy atom. The van der Waals surface area contributed by atoms with Crippen LogP contribution in [-0.4, -0.2) is 15.8 Å². The number of aliphatic imine (C=N–C) groups is 1. The van der Waals surface area contributed by atoms with Crippen LogP contribution in [0, 0.1) is 6.07 Å². The molecule has 3 nitrogen and oxygen atoms in total. The van der Waals surface area contributed by atoms with E-state index in [1.165, 1.54) is 0 Å². The smallest absolute Gasteiger partial charge is 0.323 e. The van der Waals surface area contributed by atoms with Crippen LogP contribution in [0.5, 0.6) is 0 Å². The van der Waals surface area contributed by atoms with Gasteiger partial charge in [0.05, 0.1) is 29.6 Å². The fourth-order valence-corrected chi connectivity index (χ4v) is 1.51. The normalized spacial score (nSPS) is 14.0. The van der Waals surface area contributed by atoms with Crippen molar-refractivity contribution < 1.29 is 1.43 Å². The molecule has 57 valence electrons. The van der Waals surface area contributed by atoms with Crippen LogP contribution in [0.2, 0.25) is 0 Å². The average Bonchev–Trinajstić information content (AvgIpc) is 2.52. The lowest BCUT2D eigenvalue weighted by Crippen LogP contribution is -2.00. The van der Waals surface area contributed by atoms with Crippen molar-refractivity contribution in [2.24, 2.45) is 4.99 Å². The van der Waals surface area contributed by atoms with Gasteiger partial charge >= 0.3 is 1.43 Å². The highest BCUT2D eigenvalue weighted by atomic mass is 15.1. The lowest BCUT2D eigenvalue weighted by atomic mass is 10.2. The molecule has 2 heterocycles. The van der Waals surface area contributed by atoms with Crippen LogP contribution in [0.3, 0.4) is 0 Å². The highest BCUT2D eigenvalue weighted by molar-refractivity contribution is 5.90. The predicted octanol–water partition coefficient (Wildman–Crippen LogP) is 1.66. The van der Waals surface area contributed by atoms with Gasteiger partial charge in [-0.25, -0.2) is 4.98 Å². The van der Waals surface area contributed by atoms with Crippen LogP contribution in [0.15, 0.2) is 23.5 Å². The second-order valence-electron chi connectivity index (χ2n) is 2.78. The Kier molecular flexibility index (Phi) is 0.961. The largest absolute Gasteiger partial charge is 1.00 e. The maximum Gasteiger partial charge on any atom is 1.00 e. The Bertz CT molecular complexity index is 473. The van der Waals surface area contributed by atoms with Gasteiger partial charge in [-0.15, -0.1) is 0 Å². The molecule has 0 saturated heterocycles. The van der Waals surface area contributed by atoms with E-state index in [1.54, 1.807) is 0 Å². The van der Waals surface area contributed by atoms with Crippen molar-refractivity contribution in [2.45, 2.75) is 6.54 Å². The van der Waals surface area contributed by atoms with Crippen LogP contribution in [0.1, 0.15) is 1.43 Å². The first kappa shape index (κ1) is 5.94. The van der Waals surface area contributed by atoms with Crippen molar-refractivity contribution in [3.63, 3.8) is 0 Å². The van der Waals surface area contributed by atoms with E-state index in [2.05, 4.69) is 20.6 Å². The van der Waals surface area contributed by atoms with Gasteiger partial charge in [-0.3, -0.25) is 4.99 Å². The van der Waals surface area contributed by atoms with Gasteiger partial charge in [-0.05, 0) is 18.2 Å². The monoisotopic (exact) mass is 157 g/mol. The van der Waals surface area contributed by atoms with E-state index in [9.17, 15) is 0 Å². The molecular weight excluding hydrogens is 150 g/mol. The van der Waals surface area contributed by atoms with Crippen LogP contribution in [-0.2, 0) is 6.54 Å². The van der Waals surface area contributed by atoms with Gasteiger partial charge in [0.25, 0.3) is 0 Å². The lowest BCUT2D eigenvalue weighted by Gasteiger charge is -2.06. The molecule has 0 saturated carbocycles. The van der Waals surface area contributed by atoms with Crippen molar-refractivity contribution in [3.8, 4) is 0 Å². The topological polar surface area (TPSA) is 30.2 Å². The summed E-state index contributed by atoms with van der Waals surface area (Å²) in [5, 5.41) is 0. The molecule has 1 radical (unpaired) electrons. The Morgan fingerprint density at radius 3 is 3.50 bits per heavy atom. The van der Waals surface area contributed by atoms with Crippen molar-refractivity contribution in [2.75, 3.05) is 0 Å². The molecule has 1 aliphatic rings. The minimum atomic E-state index is 0.